The summed E-state index contributed by atoms with van der Waals surface area (Å²) in [6, 6.07) is 8.36. The molecular formula is C18H15IO6. The van der Waals surface area contributed by atoms with E-state index in [1.165, 1.54) is 21.3 Å². The Labute approximate surface area is 157 Å². The number of hydrogen-bond donors (Lipinski definition) is 1. The minimum atomic E-state index is -0.499. The summed E-state index contributed by atoms with van der Waals surface area (Å²) < 4.78 is 22.6. The van der Waals surface area contributed by atoms with Crippen LogP contribution in [-0.4, -0.2) is 26.4 Å². The number of benzene rings is 2. The van der Waals surface area contributed by atoms with E-state index >= 15 is 0 Å². The summed E-state index contributed by atoms with van der Waals surface area (Å²) in [4.78, 5) is 12.5. The number of halogens is 1. The number of ether oxygens (including phenoxy) is 3. The zero-order valence-electron chi connectivity index (χ0n) is 13.8. The Hall–Kier alpha value is -2.42. The van der Waals surface area contributed by atoms with Gasteiger partial charge in [0.2, 0.25) is 16.9 Å². The lowest BCUT2D eigenvalue weighted by Gasteiger charge is -2.14. The number of aromatic hydroxyl groups is 1. The van der Waals surface area contributed by atoms with E-state index in [9.17, 15) is 9.90 Å². The molecule has 7 heteroatoms. The van der Waals surface area contributed by atoms with Crippen molar-refractivity contribution in [3.63, 3.8) is 0 Å². The van der Waals surface area contributed by atoms with Gasteiger partial charge in [0.25, 0.3) is 0 Å². The molecule has 0 aliphatic carbocycles. The number of hydrogen-bond acceptors (Lipinski definition) is 6. The Morgan fingerprint density at radius 2 is 1.64 bits per heavy atom. The highest BCUT2D eigenvalue weighted by Crippen LogP contribution is 2.43. The summed E-state index contributed by atoms with van der Waals surface area (Å²) in [6.07, 6.45) is 0. The molecule has 0 unspecified atom stereocenters. The van der Waals surface area contributed by atoms with Crippen molar-refractivity contribution in [3.05, 3.63) is 44.1 Å². The lowest BCUT2D eigenvalue weighted by Crippen LogP contribution is -2.03. The van der Waals surface area contributed by atoms with Crippen molar-refractivity contribution in [2.45, 2.75) is 0 Å². The maximum atomic E-state index is 12.5. The fraction of sp³-hybridized carbons (Fsp3) is 0.167. The van der Waals surface area contributed by atoms with E-state index in [1.807, 2.05) is 0 Å². The third-order valence-electron chi connectivity index (χ3n) is 3.76. The van der Waals surface area contributed by atoms with Gasteiger partial charge in [-0.3, -0.25) is 4.79 Å². The maximum absolute atomic E-state index is 12.5. The summed E-state index contributed by atoms with van der Waals surface area (Å²) in [5.41, 5.74) is 0.324. The SMILES string of the molecule is COc1cc(-c2oc3cc(I)ccc3c(=O)c2O)cc(OC)c1OC. The van der Waals surface area contributed by atoms with E-state index in [0.717, 1.165) is 3.57 Å². The smallest absolute Gasteiger partial charge is 0.235 e. The zero-order chi connectivity index (χ0) is 18.1. The van der Waals surface area contributed by atoms with Crippen molar-refractivity contribution < 1.29 is 23.7 Å². The van der Waals surface area contributed by atoms with E-state index in [1.54, 1.807) is 30.3 Å². The Bertz CT molecular complexity index is 983. The van der Waals surface area contributed by atoms with Gasteiger partial charge in [0.15, 0.2) is 17.3 Å². The van der Waals surface area contributed by atoms with E-state index in [-0.39, 0.29) is 5.76 Å². The molecule has 0 saturated heterocycles. The molecule has 0 bridgehead atoms. The van der Waals surface area contributed by atoms with Crippen LogP contribution in [0, 0.1) is 3.57 Å². The molecule has 1 N–H and O–H groups in total. The van der Waals surface area contributed by atoms with Gasteiger partial charge in [-0.15, -0.1) is 0 Å². The molecule has 0 saturated carbocycles. The summed E-state index contributed by atoms with van der Waals surface area (Å²) in [5.74, 6) is 0.760. The van der Waals surface area contributed by atoms with Gasteiger partial charge < -0.3 is 23.7 Å². The summed E-state index contributed by atoms with van der Waals surface area (Å²) in [6.45, 7) is 0. The van der Waals surface area contributed by atoms with Crippen molar-refractivity contribution in [3.8, 4) is 34.3 Å². The van der Waals surface area contributed by atoms with E-state index in [4.69, 9.17) is 18.6 Å². The van der Waals surface area contributed by atoms with Crippen LogP contribution >= 0.6 is 22.6 Å². The molecule has 0 fully saturated rings. The van der Waals surface area contributed by atoms with Gasteiger partial charge in [-0.25, -0.2) is 0 Å². The molecule has 1 heterocycles. The summed E-state index contributed by atoms with van der Waals surface area (Å²) in [7, 11) is 4.47. The maximum Gasteiger partial charge on any atom is 0.235 e. The van der Waals surface area contributed by atoms with Crippen molar-refractivity contribution in [2.24, 2.45) is 0 Å². The van der Waals surface area contributed by atoms with Crippen molar-refractivity contribution in [2.75, 3.05) is 21.3 Å². The molecule has 1 aromatic heterocycles. The summed E-state index contributed by atoms with van der Waals surface area (Å²) >= 11 is 2.13. The largest absolute Gasteiger partial charge is 0.502 e. The Balaban J connectivity index is 2.33. The second-order valence-electron chi connectivity index (χ2n) is 5.16. The molecular weight excluding hydrogens is 439 g/mol. The highest BCUT2D eigenvalue weighted by Gasteiger charge is 2.20. The first kappa shape index (κ1) is 17.4. The van der Waals surface area contributed by atoms with Gasteiger partial charge in [0, 0.05) is 9.13 Å². The van der Waals surface area contributed by atoms with Crippen LogP contribution in [0.1, 0.15) is 0 Å². The molecule has 0 radical (unpaired) electrons. The first-order chi connectivity index (χ1) is 12.0. The normalized spacial score (nSPS) is 10.7. The Morgan fingerprint density at radius 1 is 1.00 bits per heavy atom. The van der Waals surface area contributed by atoms with Crippen LogP contribution in [0.15, 0.2) is 39.5 Å². The quantitative estimate of drug-likeness (QED) is 0.605. The predicted molar refractivity (Wildman–Crippen MR) is 102 cm³/mol. The molecule has 0 amide bonds. The molecule has 0 spiro atoms. The van der Waals surface area contributed by atoms with Crippen LogP contribution < -0.4 is 19.6 Å². The van der Waals surface area contributed by atoms with Gasteiger partial charge in [-0.05, 0) is 52.9 Å². The number of rotatable bonds is 4. The highest BCUT2D eigenvalue weighted by atomic mass is 127. The molecule has 3 rings (SSSR count). The average Bonchev–Trinajstić information content (AvgIpc) is 2.63. The van der Waals surface area contributed by atoms with Gasteiger partial charge in [0.05, 0.1) is 26.7 Å². The second kappa shape index (κ2) is 6.83. The molecule has 0 aliphatic heterocycles. The van der Waals surface area contributed by atoms with E-state index in [0.29, 0.717) is 33.8 Å². The first-order valence-corrected chi connectivity index (χ1v) is 8.33. The van der Waals surface area contributed by atoms with Crippen LogP contribution in [-0.2, 0) is 0 Å². The van der Waals surface area contributed by atoms with Gasteiger partial charge in [0.1, 0.15) is 5.58 Å². The second-order valence-corrected chi connectivity index (χ2v) is 6.41. The van der Waals surface area contributed by atoms with Crippen LogP contribution in [0.5, 0.6) is 23.0 Å². The molecule has 2 aromatic carbocycles. The zero-order valence-corrected chi connectivity index (χ0v) is 15.9. The first-order valence-electron chi connectivity index (χ1n) is 7.25. The third kappa shape index (κ3) is 2.99. The van der Waals surface area contributed by atoms with Gasteiger partial charge in [-0.1, -0.05) is 0 Å². The standard InChI is InChI=1S/C18H15IO6/c1-22-13-6-9(7-14(23-2)18(13)24-3)17-16(21)15(20)11-5-4-10(19)8-12(11)25-17/h4-8,21H,1-3H3. The minimum absolute atomic E-state index is 0.0405. The average molecular weight is 454 g/mol. The third-order valence-corrected chi connectivity index (χ3v) is 4.43. The molecule has 130 valence electrons. The van der Waals surface area contributed by atoms with E-state index in [2.05, 4.69) is 22.6 Å². The molecule has 0 atom stereocenters. The lowest BCUT2D eigenvalue weighted by atomic mass is 10.1. The number of methoxy groups -OCH3 is 3. The van der Waals surface area contributed by atoms with Crippen molar-refractivity contribution in [1.29, 1.82) is 0 Å². The van der Waals surface area contributed by atoms with Crippen LogP contribution in [0.3, 0.4) is 0 Å². The minimum Gasteiger partial charge on any atom is -0.502 e. The van der Waals surface area contributed by atoms with Gasteiger partial charge in [-0.2, -0.15) is 0 Å². The predicted octanol–water partition coefficient (Wildman–Crippen LogP) is 3.80. The molecule has 25 heavy (non-hydrogen) atoms. The van der Waals surface area contributed by atoms with E-state index < -0.39 is 11.2 Å². The topological polar surface area (TPSA) is 78.1 Å². The Morgan fingerprint density at radius 3 is 2.20 bits per heavy atom. The summed E-state index contributed by atoms with van der Waals surface area (Å²) in [5, 5.41) is 10.7. The Kier molecular flexibility index (Phi) is 4.76. The van der Waals surface area contributed by atoms with Crippen molar-refractivity contribution >= 4 is 33.6 Å². The van der Waals surface area contributed by atoms with Crippen molar-refractivity contribution in [1.82, 2.24) is 0 Å². The fourth-order valence-corrected chi connectivity index (χ4v) is 3.03. The van der Waals surface area contributed by atoms with Gasteiger partial charge >= 0.3 is 0 Å². The van der Waals surface area contributed by atoms with Crippen LogP contribution in [0.2, 0.25) is 0 Å². The molecule has 0 aliphatic rings. The lowest BCUT2D eigenvalue weighted by molar-refractivity contribution is 0.324. The highest BCUT2D eigenvalue weighted by molar-refractivity contribution is 14.1. The fourth-order valence-electron chi connectivity index (χ4n) is 2.56. The van der Waals surface area contributed by atoms with Crippen LogP contribution in [0.25, 0.3) is 22.3 Å². The van der Waals surface area contributed by atoms with Crippen LogP contribution in [0.4, 0.5) is 0 Å². The monoisotopic (exact) mass is 454 g/mol. The number of fused-ring (bicyclic) bond motifs is 1. The molecule has 6 nitrogen and oxygen atoms in total. The molecule has 3 aromatic rings.